The summed E-state index contributed by atoms with van der Waals surface area (Å²) in [5.41, 5.74) is 2.03. The first-order valence-corrected chi connectivity index (χ1v) is 8.03. The van der Waals surface area contributed by atoms with Gasteiger partial charge in [0.05, 0.1) is 25.9 Å². The Balaban J connectivity index is 1.87. The Morgan fingerprint density at radius 1 is 1.09 bits per heavy atom. The van der Waals surface area contributed by atoms with Crippen LogP contribution in [0.4, 0.5) is 5.69 Å². The lowest BCUT2D eigenvalue weighted by Crippen LogP contribution is -3.13. The normalized spacial score (nSPS) is 11.7. The van der Waals surface area contributed by atoms with Crippen molar-refractivity contribution < 1.29 is 14.4 Å². The van der Waals surface area contributed by atoms with Crippen LogP contribution in [0, 0.1) is 0 Å². The standard InChI is InChI=1S/C19H24N2O2/c1-3-21(14-13-16-9-5-4-6-10-16)15-19(22)20-17-11-7-8-12-18(17)23-2/h4-12H,3,13-15H2,1-2H3,(H,20,22)/p+1. The first kappa shape index (κ1) is 17.0. The van der Waals surface area contributed by atoms with Gasteiger partial charge in [-0.15, -0.1) is 0 Å². The van der Waals surface area contributed by atoms with E-state index in [2.05, 4.69) is 36.5 Å². The number of amides is 1. The highest BCUT2D eigenvalue weighted by molar-refractivity contribution is 5.92. The summed E-state index contributed by atoms with van der Waals surface area (Å²) in [4.78, 5) is 13.5. The molecule has 0 heterocycles. The summed E-state index contributed by atoms with van der Waals surface area (Å²) in [6, 6.07) is 17.8. The van der Waals surface area contributed by atoms with Crippen LogP contribution in [-0.4, -0.2) is 32.7 Å². The lowest BCUT2D eigenvalue weighted by atomic mass is 10.1. The number of methoxy groups -OCH3 is 1. The van der Waals surface area contributed by atoms with E-state index in [9.17, 15) is 4.79 Å². The zero-order chi connectivity index (χ0) is 16.5. The largest absolute Gasteiger partial charge is 0.495 e. The number of hydrogen-bond donors (Lipinski definition) is 2. The van der Waals surface area contributed by atoms with Gasteiger partial charge in [0, 0.05) is 6.42 Å². The molecule has 2 N–H and O–H groups in total. The number of quaternary nitrogens is 1. The van der Waals surface area contributed by atoms with Crippen molar-refractivity contribution in [2.24, 2.45) is 0 Å². The van der Waals surface area contributed by atoms with Gasteiger partial charge in [-0.3, -0.25) is 4.79 Å². The number of nitrogens with one attached hydrogen (secondary N) is 2. The molecule has 0 aliphatic carbocycles. The number of para-hydroxylation sites is 2. The van der Waals surface area contributed by atoms with Gasteiger partial charge in [-0.05, 0) is 24.6 Å². The van der Waals surface area contributed by atoms with Gasteiger partial charge in [0.1, 0.15) is 5.75 Å². The van der Waals surface area contributed by atoms with Crippen LogP contribution in [-0.2, 0) is 11.2 Å². The molecule has 0 saturated carbocycles. The number of rotatable bonds is 8. The third-order valence-corrected chi connectivity index (χ3v) is 3.90. The smallest absolute Gasteiger partial charge is 0.279 e. The van der Waals surface area contributed by atoms with E-state index in [4.69, 9.17) is 4.74 Å². The highest BCUT2D eigenvalue weighted by atomic mass is 16.5. The van der Waals surface area contributed by atoms with Crippen LogP contribution in [0.25, 0.3) is 0 Å². The monoisotopic (exact) mass is 313 g/mol. The number of benzene rings is 2. The molecule has 23 heavy (non-hydrogen) atoms. The fourth-order valence-electron chi connectivity index (χ4n) is 2.53. The van der Waals surface area contributed by atoms with E-state index in [0.29, 0.717) is 12.3 Å². The quantitative estimate of drug-likeness (QED) is 0.780. The van der Waals surface area contributed by atoms with E-state index in [-0.39, 0.29) is 5.91 Å². The number of likely N-dealkylation sites (N-methyl/N-ethyl adjacent to an activating group) is 1. The van der Waals surface area contributed by atoms with Gasteiger partial charge in [-0.2, -0.15) is 0 Å². The molecular weight excluding hydrogens is 288 g/mol. The van der Waals surface area contributed by atoms with E-state index in [1.54, 1.807) is 7.11 Å². The Labute approximate surface area is 138 Å². The highest BCUT2D eigenvalue weighted by Crippen LogP contribution is 2.22. The van der Waals surface area contributed by atoms with Gasteiger partial charge < -0.3 is 15.0 Å². The van der Waals surface area contributed by atoms with Gasteiger partial charge in [-0.1, -0.05) is 42.5 Å². The second kappa shape index (κ2) is 8.96. The zero-order valence-electron chi connectivity index (χ0n) is 13.8. The first-order valence-electron chi connectivity index (χ1n) is 8.03. The van der Waals surface area contributed by atoms with E-state index >= 15 is 0 Å². The minimum atomic E-state index is 0.0133. The fourth-order valence-corrected chi connectivity index (χ4v) is 2.53. The maximum absolute atomic E-state index is 12.3. The summed E-state index contributed by atoms with van der Waals surface area (Å²) in [5.74, 6) is 0.697. The average molecular weight is 313 g/mol. The molecule has 0 spiro atoms. The van der Waals surface area contributed by atoms with Gasteiger partial charge in [0.2, 0.25) is 0 Å². The van der Waals surface area contributed by atoms with Crippen LogP contribution in [0.1, 0.15) is 12.5 Å². The van der Waals surface area contributed by atoms with Crippen molar-refractivity contribution in [3.63, 3.8) is 0 Å². The third-order valence-electron chi connectivity index (χ3n) is 3.90. The molecule has 2 rings (SSSR count). The molecule has 2 aromatic carbocycles. The van der Waals surface area contributed by atoms with Crippen molar-refractivity contribution >= 4 is 11.6 Å². The summed E-state index contributed by atoms with van der Waals surface area (Å²) < 4.78 is 5.26. The van der Waals surface area contributed by atoms with Crippen LogP contribution in [0.2, 0.25) is 0 Å². The lowest BCUT2D eigenvalue weighted by molar-refractivity contribution is -0.889. The minimum absolute atomic E-state index is 0.0133. The predicted octanol–water partition coefficient (Wildman–Crippen LogP) is 1.78. The van der Waals surface area contributed by atoms with Gasteiger partial charge >= 0.3 is 0 Å². The summed E-state index contributed by atoms with van der Waals surface area (Å²) in [5, 5.41) is 2.94. The van der Waals surface area contributed by atoms with Crippen molar-refractivity contribution in [3.05, 3.63) is 60.2 Å². The molecule has 0 bridgehead atoms. The molecule has 2 aromatic rings. The lowest BCUT2D eigenvalue weighted by Gasteiger charge is -2.18. The van der Waals surface area contributed by atoms with Crippen molar-refractivity contribution in [1.82, 2.24) is 0 Å². The van der Waals surface area contributed by atoms with Crippen molar-refractivity contribution in [2.75, 3.05) is 32.1 Å². The van der Waals surface area contributed by atoms with E-state index in [1.165, 1.54) is 10.5 Å². The molecule has 1 atom stereocenters. The van der Waals surface area contributed by atoms with Gasteiger partial charge in [0.25, 0.3) is 5.91 Å². The van der Waals surface area contributed by atoms with E-state index in [0.717, 1.165) is 25.2 Å². The van der Waals surface area contributed by atoms with E-state index in [1.807, 2.05) is 30.3 Å². The van der Waals surface area contributed by atoms with Crippen LogP contribution in [0.15, 0.2) is 54.6 Å². The zero-order valence-corrected chi connectivity index (χ0v) is 13.8. The number of carbonyl (C=O) groups excluding carboxylic acids is 1. The molecule has 0 aliphatic heterocycles. The molecule has 4 nitrogen and oxygen atoms in total. The Morgan fingerprint density at radius 3 is 2.48 bits per heavy atom. The van der Waals surface area contributed by atoms with Crippen molar-refractivity contribution in [2.45, 2.75) is 13.3 Å². The summed E-state index contributed by atoms with van der Waals surface area (Å²) in [6.07, 6.45) is 0.978. The van der Waals surface area contributed by atoms with E-state index < -0.39 is 0 Å². The molecule has 0 radical (unpaired) electrons. The molecule has 0 aromatic heterocycles. The number of hydrogen-bond acceptors (Lipinski definition) is 2. The average Bonchev–Trinajstić information content (AvgIpc) is 2.60. The number of carbonyl (C=O) groups is 1. The molecular formula is C19H25N2O2+. The molecule has 4 heteroatoms. The van der Waals surface area contributed by atoms with Crippen LogP contribution >= 0.6 is 0 Å². The highest BCUT2D eigenvalue weighted by Gasteiger charge is 2.14. The predicted molar refractivity (Wildman–Crippen MR) is 93.0 cm³/mol. The summed E-state index contributed by atoms with van der Waals surface area (Å²) in [7, 11) is 1.61. The molecule has 122 valence electrons. The molecule has 1 amide bonds. The van der Waals surface area contributed by atoms with Crippen molar-refractivity contribution in [1.29, 1.82) is 0 Å². The molecule has 0 saturated heterocycles. The Kier molecular flexibility index (Phi) is 6.63. The molecule has 0 fully saturated rings. The van der Waals surface area contributed by atoms with Crippen LogP contribution in [0.5, 0.6) is 5.75 Å². The maximum atomic E-state index is 12.3. The second-order valence-electron chi connectivity index (χ2n) is 5.51. The summed E-state index contributed by atoms with van der Waals surface area (Å²) >= 11 is 0. The minimum Gasteiger partial charge on any atom is -0.495 e. The SMILES string of the molecule is CC[NH+](CCc1ccccc1)CC(=O)Nc1ccccc1OC. The Hall–Kier alpha value is -2.33. The topological polar surface area (TPSA) is 42.8 Å². The van der Waals surface area contributed by atoms with Gasteiger partial charge in [0.15, 0.2) is 6.54 Å². The summed E-state index contributed by atoms with van der Waals surface area (Å²) in [6.45, 7) is 4.43. The third kappa shape index (κ3) is 5.42. The van der Waals surface area contributed by atoms with Gasteiger partial charge in [-0.25, -0.2) is 0 Å². The molecule has 0 aliphatic rings. The Bertz CT molecular complexity index is 614. The number of anilines is 1. The first-order chi connectivity index (χ1) is 11.2. The van der Waals surface area contributed by atoms with Crippen LogP contribution in [0.3, 0.4) is 0 Å². The Morgan fingerprint density at radius 2 is 1.78 bits per heavy atom. The number of ether oxygens (including phenoxy) is 1. The second-order valence-corrected chi connectivity index (χ2v) is 5.51. The van der Waals surface area contributed by atoms with Crippen molar-refractivity contribution in [3.8, 4) is 5.75 Å². The maximum Gasteiger partial charge on any atom is 0.279 e. The molecule has 1 unspecified atom stereocenters. The van der Waals surface area contributed by atoms with Crippen LogP contribution < -0.4 is 15.0 Å². The fraction of sp³-hybridized carbons (Fsp3) is 0.316.